The molecular formula is C32H52O3. The average molecular weight is 485 g/mol. The van der Waals surface area contributed by atoms with Crippen molar-refractivity contribution in [3.05, 3.63) is 12.2 Å². The summed E-state index contributed by atoms with van der Waals surface area (Å²) in [6, 6.07) is 0. The maximum absolute atomic E-state index is 11.9. The summed E-state index contributed by atoms with van der Waals surface area (Å²) >= 11 is 0. The van der Waals surface area contributed by atoms with Gasteiger partial charge in [0.2, 0.25) is 0 Å². The molecule has 0 spiro atoms. The van der Waals surface area contributed by atoms with E-state index in [0.29, 0.717) is 46.5 Å². The molecule has 0 saturated heterocycles. The van der Waals surface area contributed by atoms with Gasteiger partial charge in [-0.25, -0.2) is 0 Å². The van der Waals surface area contributed by atoms with E-state index in [2.05, 4.69) is 48.1 Å². The fraction of sp³-hybridized carbons (Fsp3) is 0.906. The van der Waals surface area contributed by atoms with Crippen LogP contribution in [0.15, 0.2) is 12.2 Å². The zero-order valence-electron chi connectivity index (χ0n) is 23.7. The number of carbonyl (C=O) groups excluding carboxylic acids is 1. The molecule has 5 rings (SSSR count). The molecule has 0 bridgehead atoms. The highest BCUT2D eigenvalue weighted by molar-refractivity contribution is 5.66. The Hall–Kier alpha value is -0.830. The Balaban J connectivity index is 1.51. The molecule has 3 heteroatoms. The third-order valence-corrected chi connectivity index (χ3v) is 13.8. The first-order valence-electron chi connectivity index (χ1n) is 14.7. The Bertz CT molecular complexity index is 891. The lowest BCUT2D eigenvalue weighted by molar-refractivity contribution is -0.251. The molecule has 5 aliphatic carbocycles. The predicted octanol–water partition coefficient (Wildman–Crippen LogP) is 7.57. The van der Waals surface area contributed by atoms with Gasteiger partial charge in [0.25, 0.3) is 0 Å². The average Bonchev–Trinajstić information content (AvgIpc) is 3.16. The first-order valence-corrected chi connectivity index (χ1v) is 14.7. The van der Waals surface area contributed by atoms with Gasteiger partial charge < -0.3 is 9.84 Å². The monoisotopic (exact) mass is 484 g/mol. The van der Waals surface area contributed by atoms with Gasteiger partial charge in [-0.2, -0.15) is 0 Å². The van der Waals surface area contributed by atoms with E-state index in [9.17, 15) is 9.90 Å². The SMILES string of the molecule is C=C(C)[C@@H]1CC[C@@]2(CO)CC[C@]3(C)[C@H](CC[C@H]4[C@@]5(C)CC[C@H](OC(C)=O)C(C)(C)[C@H]5CC[C@@]43C)[C@@H]12. The van der Waals surface area contributed by atoms with E-state index >= 15 is 0 Å². The van der Waals surface area contributed by atoms with Gasteiger partial charge in [-0.05, 0) is 122 Å². The number of allylic oxidation sites excluding steroid dienone is 1. The zero-order chi connectivity index (χ0) is 25.6. The van der Waals surface area contributed by atoms with Crippen molar-refractivity contribution in [2.24, 2.45) is 56.7 Å². The Morgan fingerprint density at radius 2 is 1.57 bits per heavy atom. The standard InChI is InChI=1S/C32H52O3/c1-20(2)22-11-16-32(19-33)18-17-30(7)23(27(22)32)9-10-25-29(6)14-13-26(35-21(3)34)28(4,5)24(29)12-15-31(25,30)8/h22-27,33H,1,9-19H2,2-8H3/t22-,23+,24+,25-,26-,27+,29-,30+,31-,32-/m0/s1. The molecule has 3 nitrogen and oxygen atoms in total. The van der Waals surface area contributed by atoms with Crippen LogP contribution in [0.5, 0.6) is 0 Å². The molecular weight excluding hydrogens is 432 g/mol. The number of rotatable bonds is 3. The number of fused-ring (bicyclic) bond motifs is 7. The van der Waals surface area contributed by atoms with Crippen LogP contribution in [0.2, 0.25) is 0 Å². The summed E-state index contributed by atoms with van der Waals surface area (Å²) in [5, 5.41) is 10.7. The largest absolute Gasteiger partial charge is 0.462 e. The molecule has 0 aromatic heterocycles. The van der Waals surface area contributed by atoms with Crippen LogP contribution in [0.3, 0.4) is 0 Å². The minimum absolute atomic E-state index is 0.0207. The quantitative estimate of drug-likeness (QED) is 0.332. The summed E-state index contributed by atoms with van der Waals surface area (Å²) in [5.74, 6) is 3.07. The molecule has 0 aliphatic heterocycles. The maximum atomic E-state index is 11.9. The number of hydrogen-bond donors (Lipinski definition) is 1. The first kappa shape index (κ1) is 25.8. The van der Waals surface area contributed by atoms with Gasteiger partial charge >= 0.3 is 5.97 Å². The van der Waals surface area contributed by atoms with Crippen LogP contribution >= 0.6 is 0 Å². The summed E-state index contributed by atoms with van der Waals surface area (Å²) in [6.07, 6.45) is 12.2. The van der Waals surface area contributed by atoms with Crippen LogP contribution in [0.4, 0.5) is 0 Å². The van der Waals surface area contributed by atoms with Crippen molar-refractivity contribution in [3.63, 3.8) is 0 Å². The molecule has 5 aliphatic rings. The van der Waals surface area contributed by atoms with Gasteiger partial charge in [0, 0.05) is 18.9 Å². The second-order valence-corrected chi connectivity index (χ2v) is 15.2. The molecule has 1 N–H and O–H groups in total. The van der Waals surface area contributed by atoms with E-state index in [1.807, 2.05) is 0 Å². The molecule has 0 unspecified atom stereocenters. The van der Waals surface area contributed by atoms with Crippen LogP contribution < -0.4 is 0 Å². The molecule has 35 heavy (non-hydrogen) atoms. The smallest absolute Gasteiger partial charge is 0.302 e. The van der Waals surface area contributed by atoms with E-state index in [1.165, 1.54) is 63.4 Å². The van der Waals surface area contributed by atoms with Crippen molar-refractivity contribution in [2.45, 2.75) is 119 Å². The second kappa shape index (κ2) is 8.08. The van der Waals surface area contributed by atoms with Crippen molar-refractivity contribution in [2.75, 3.05) is 6.61 Å². The minimum atomic E-state index is -0.126. The molecule has 0 aromatic rings. The number of ether oxygens (including phenoxy) is 1. The van der Waals surface area contributed by atoms with E-state index < -0.39 is 0 Å². The lowest BCUT2D eigenvalue weighted by Crippen LogP contribution is -2.67. The molecule has 0 aromatic carbocycles. The summed E-state index contributed by atoms with van der Waals surface area (Å²) in [6.45, 7) is 21.3. The van der Waals surface area contributed by atoms with Gasteiger partial charge in [0.1, 0.15) is 6.10 Å². The second-order valence-electron chi connectivity index (χ2n) is 15.2. The Labute approximate surface area is 214 Å². The molecule has 5 fully saturated rings. The minimum Gasteiger partial charge on any atom is -0.462 e. The van der Waals surface area contributed by atoms with Crippen molar-refractivity contribution in [3.8, 4) is 0 Å². The van der Waals surface area contributed by atoms with E-state index in [1.54, 1.807) is 6.92 Å². The fourth-order valence-corrected chi connectivity index (χ4v) is 11.9. The lowest BCUT2D eigenvalue weighted by atomic mass is 9.32. The van der Waals surface area contributed by atoms with Crippen LogP contribution in [0, 0.1) is 56.7 Å². The van der Waals surface area contributed by atoms with E-state index in [-0.39, 0.29) is 22.9 Å². The van der Waals surface area contributed by atoms with Crippen LogP contribution in [0.25, 0.3) is 0 Å². The van der Waals surface area contributed by atoms with Crippen molar-refractivity contribution in [1.82, 2.24) is 0 Å². The zero-order valence-corrected chi connectivity index (χ0v) is 23.7. The number of hydrogen-bond acceptors (Lipinski definition) is 3. The van der Waals surface area contributed by atoms with Gasteiger partial charge in [-0.3, -0.25) is 4.79 Å². The third-order valence-electron chi connectivity index (χ3n) is 13.8. The summed E-state index contributed by atoms with van der Waals surface area (Å²) in [7, 11) is 0. The Kier molecular flexibility index (Phi) is 5.96. The third kappa shape index (κ3) is 3.28. The number of aliphatic hydroxyl groups excluding tert-OH is 1. The molecule has 0 heterocycles. The highest BCUT2D eigenvalue weighted by atomic mass is 16.5. The fourth-order valence-electron chi connectivity index (χ4n) is 11.9. The molecule has 198 valence electrons. The van der Waals surface area contributed by atoms with Crippen molar-refractivity contribution in [1.29, 1.82) is 0 Å². The molecule has 0 amide bonds. The maximum Gasteiger partial charge on any atom is 0.302 e. The highest BCUT2D eigenvalue weighted by Crippen LogP contribution is 2.77. The number of carbonyl (C=O) groups is 1. The molecule has 10 atom stereocenters. The lowest BCUT2D eigenvalue weighted by Gasteiger charge is -2.73. The number of esters is 1. The number of aliphatic hydroxyl groups is 1. The van der Waals surface area contributed by atoms with Crippen LogP contribution in [0.1, 0.15) is 113 Å². The summed E-state index contributed by atoms with van der Waals surface area (Å²) < 4.78 is 5.90. The van der Waals surface area contributed by atoms with Crippen molar-refractivity contribution < 1.29 is 14.6 Å². The highest BCUT2D eigenvalue weighted by Gasteiger charge is 2.71. The van der Waals surface area contributed by atoms with Crippen molar-refractivity contribution >= 4 is 5.97 Å². The van der Waals surface area contributed by atoms with Crippen LogP contribution in [-0.2, 0) is 9.53 Å². The van der Waals surface area contributed by atoms with Gasteiger partial charge in [-0.15, -0.1) is 0 Å². The summed E-state index contributed by atoms with van der Waals surface area (Å²) in [5.41, 5.74) is 2.45. The molecule has 5 saturated carbocycles. The van der Waals surface area contributed by atoms with E-state index in [0.717, 1.165) is 12.3 Å². The van der Waals surface area contributed by atoms with Gasteiger partial charge in [-0.1, -0.05) is 46.8 Å². The van der Waals surface area contributed by atoms with Gasteiger partial charge in [0.05, 0.1) is 0 Å². The normalized spacial score (nSPS) is 52.5. The van der Waals surface area contributed by atoms with Gasteiger partial charge in [0.15, 0.2) is 0 Å². The summed E-state index contributed by atoms with van der Waals surface area (Å²) in [4.78, 5) is 11.9. The van der Waals surface area contributed by atoms with Crippen LogP contribution in [-0.4, -0.2) is 23.8 Å². The molecule has 0 radical (unpaired) electrons. The first-order chi connectivity index (χ1) is 16.3. The van der Waals surface area contributed by atoms with E-state index in [4.69, 9.17) is 4.74 Å². The Morgan fingerprint density at radius 3 is 2.20 bits per heavy atom. The Morgan fingerprint density at radius 1 is 0.857 bits per heavy atom. The topological polar surface area (TPSA) is 46.5 Å². The predicted molar refractivity (Wildman–Crippen MR) is 142 cm³/mol.